The minimum absolute atomic E-state index is 0.121. The van der Waals surface area contributed by atoms with Crippen LogP contribution in [0.4, 0.5) is 5.69 Å². The van der Waals surface area contributed by atoms with Gasteiger partial charge in [0.2, 0.25) is 0 Å². The summed E-state index contributed by atoms with van der Waals surface area (Å²) < 4.78 is 0. The predicted molar refractivity (Wildman–Crippen MR) is 57.7 cm³/mol. The van der Waals surface area contributed by atoms with Crippen LogP contribution in [0.5, 0.6) is 0 Å². The molecule has 80 valence electrons. The van der Waals surface area contributed by atoms with Crippen LogP contribution in [0.3, 0.4) is 0 Å². The van der Waals surface area contributed by atoms with Crippen LogP contribution in [0.15, 0.2) is 18.2 Å². The Morgan fingerprint density at radius 2 is 1.93 bits per heavy atom. The standard InChI is InChI=1S/C10H10ClNO3/c1-12(2)8-5-6(3-4-7(8)11)9(13)10(14)15/h3-5H,1-2H3,(H,14,15). The number of hydrogen-bond acceptors (Lipinski definition) is 3. The van der Waals surface area contributed by atoms with Gasteiger partial charge in [-0.2, -0.15) is 0 Å². The van der Waals surface area contributed by atoms with Crippen molar-refractivity contribution in [3.05, 3.63) is 28.8 Å². The average Bonchev–Trinajstić information content (AvgIpc) is 2.16. The topological polar surface area (TPSA) is 57.6 Å². The second-order valence-corrected chi connectivity index (χ2v) is 3.60. The van der Waals surface area contributed by atoms with Gasteiger partial charge in [-0.1, -0.05) is 11.6 Å². The molecular formula is C10H10ClNO3. The molecule has 15 heavy (non-hydrogen) atoms. The van der Waals surface area contributed by atoms with Gasteiger partial charge in [0.1, 0.15) is 0 Å². The van der Waals surface area contributed by atoms with Crippen LogP contribution in [0.25, 0.3) is 0 Å². The molecule has 0 spiro atoms. The van der Waals surface area contributed by atoms with Crippen molar-refractivity contribution in [2.24, 2.45) is 0 Å². The van der Waals surface area contributed by atoms with Crippen LogP contribution in [0.2, 0.25) is 5.02 Å². The molecule has 0 fully saturated rings. The molecule has 0 amide bonds. The number of benzene rings is 1. The summed E-state index contributed by atoms with van der Waals surface area (Å²) in [6.45, 7) is 0. The van der Waals surface area contributed by atoms with Crippen molar-refractivity contribution in [2.45, 2.75) is 0 Å². The van der Waals surface area contributed by atoms with Gasteiger partial charge in [-0.3, -0.25) is 4.79 Å². The molecule has 0 aliphatic carbocycles. The van der Waals surface area contributed by atoms with Crippen molar-refractivity contribution in [1.82, 2.24) is 0 Å². The molecule has 0 radical (unpaired) electrons. The number of anilines is 1. The Labute approximate surface area is 92.1 Å². The fraction of sp³-hybridized carbons (Fsp3) is 0.200. The number of carboxylic acid groups (broad SMARTS) is 1. The molecule has 0 aliphatic heterocycles. The van der Waals surface area contributed by atoms with Gasteiger partial charge in [0.15, 0.2) is 0 Å². The minimum Gasteiger partial charge on any atom is -0.475 e. The van der Waals surface area contributed by atoms with Crippen LogP contribution in [0.1, 0.15) is 10.4 Å². The summed E-state index contributed by atoms with van der Waals surface area (Å²) in [5, 5.41) is 9.01. The molecule has 0 atom stereocenters. The molecule has 1 aromatic rings. The summed E-state index contributed by atoms with van der Waals surface area (Å²) >= 11 is 5.88. The molecule has 1 rings (SSSR count). The number of halogens is 1. The smallest absolute Gasteiger partial charge is 0.377 e. The first-order valence-electron chi connectivity index (χ1n) is 4.18. The number of aliphatic carboxylic acids is 1. The molecule has 0 saturated heterocycles. The van der Waals surface area contributed by atoms with E-state index >= 15 is 0 Å². The van der Waals surface area contributed by atoms with E-state index in [2.05, 4.69) is 0 Å². The predicted octanol–water partition coefficient (Wildman–Crippen LogP) is 1.67. The SMILES string of the molecule is CN(C)c1cc(C(=O)C(=O)O)ccc1Cl. The third-order valence-electron chi connectivity index (χ3n) is 1.88. The second kappa shape index (κ2) is 4.31. The maximum atomic E-state index is 11.2. The Bertz CT molecular complexity index is 415. The molecule has 0 unspecified atom stereocenters. The van der Waals surface area contributed by atoms with E-state index in [0.29, 0.717) is 10.7 Å². The second-order valence-electron chi connectivity index (χ2n) is 3.19. The van der Waals surface area contributed by atoms with Crippen LogP contribution in [-0.4, -0.2) is 31.0 Å². The lowest BCUT2D eigenvalue weighted by Crippen LogP contribution is -2.15. The highest BCUT2D eigenvalue weighted by Crippen LogP contribution is 2.25. The third-order valence-corrected chi connectivity index (χ3v) is 2.20. The van der Waals surface area contributed by atoms with Crippen LogP contribution < -0.4 is 4.90 Å². The first-order valence-corrected chi connectivity index (χ1v) is 4.55. The maximum Gasteiger partial charge on any atom is 0.377 e. The Morgan fingerprint density at radius 1 is 1.33 bits per heavy atom. The average molecular weight is 228 g/mol. The number of carbonyl (C=O) groups excluding carboxylic acids is 1. The largest absolute Gasteiger partial charge is 0.475 e. The van der Waals surface area contributed by atoms with Crippen molar-refractivity contribution in [2.75, 3.05) is 19.0 Å². The fourth-order valence-corrected chi connectivity index (χ4v) is 1.41. The number of carboxylic acids is 1. The van der Waals surface area contributed by atoms with E-state index in [4.69, 9.17) is 16.7 Å². The highest BCUT2D eigenvalue weighted by molar-refractivity contribution is 6.40. The maximum absolute atomic E-state index is 11.2. The first-order chi connectivity index (χ1) is 6.93. The van der Waals surface area contributed by atoms with Crippen molar-refractivity contribution in [3.63, 3.8) is 0 Å². The van der Waals surface area contributed by atoms with Gasteiger partial charge in [-0.05, 0) is 18.2 Å². The zero-order valence-corrected chi connectivity index (χ0v) is 9.08. The number of hydrogen-bond donors (Lipinski definition) is 1. The zero-order chi connectivity index (χ0) is 11.6. The van der Waals surface area contributed by atoms with E-state index in [1.807, 2.05) is 0 Å². The van der Waals surface area contributed by atoms with E-state index in [1.165, 1.54) is 18.2 Å². The van der Waals surface area contributed by atoms with Gasteiger partial charge in [0.25, 0.3) is 5.78 Å². The van der Waals surface area contributed by atoms with Crippen molar-refractivity contribution >= 4 is 29.0 Å². The number of carbonyl (C=O) groups is 2. The van der Waals surface area contributed by atoms with Gasteiger partial charge in [-0.25, -0.2) is 4.79 Å². The van der Waals surface area contributed by atoms with Gasteiger partial charge in [0, 0.05) is 19.7 Å². The van der Waals surface area contributed by atoms with Gasteiger partial charge in [-0.15, -0.1) is 0 Å². The lowest BCUT2D eigenvalue weighted by molar-refractivity contribution is -0.131. The molecule has 5 heteroatoms. The Morgan fingerprint density at radius 3 is 2.40 bits per heavy atom. The number of nitrogens with zero attached hydrogens (tertiary/aromatic N) is 1. The van der Waals surface area contributed by atoms with Gasteiger partial charge in [0.05, 0.1) is 10.7 Å². The Balaban J connectivity index is 3.19. The van der Waals surface area contributed by atoms with E-state index in [0.717, 1.165) is 0 Å². The summed E-state index contributed by atoms with van der Waals surface area (Å²) in [5.41, 5.74) is 0.736. The zero-order valence-electron chi connectivity index (χ0n) is 8.32. The highest BCUT2D eigenvalue weighted by Gasteiger charge is 2.16. The molecule has 4 nitrogen and oxygen atoms in total. The van der Waals surface area contributed by atoms with Crippen LogP contribution >= 0.6 is 11.6 Å². The quantitative estimate of drug-likeness (QED) is 0.631. The number of Topliss-reactive ketones (excluding diaryl/α,β-unsaturated/α-hetero) is 1. The van der Waals surface area contributed by atoms with Gasteiger partial charge >= 0.3 is 5.97 Å². The number of rotatable bonds is 3. The minimum atomic E-state index is -1.47. The molecule has 1 aromatic carbocycles. The monoisotopic (exact) mass is 227 g/mol. The van der Waals surface area contributed by atoms with Gasteiger partial charge < -0.3 is 10.0 Å². The van der Waals surface area contributed by atoms with Crippen molar-refractivity contribution in [3.8, 4) is 0 Å². The molecular weight excluding hydrogens is 218 g/mol. The summed E-state index contributed by atoms with van der Waals surface area (Å²) in [6, 6.07) is 4.36. The van der Waals surface area contributed by atoms with E-state index < -0.39 is 11.8 Å². The summed E-state index contributed by atoms with van der Waals surface area (Å²) in [7, 11) is 3.52. The highest BCUT2D eigenvalue weighted by atomic mass is 35.5. The van der Waals surface area contributed by atoms with E-state index in [-0.39, 0.29) is 5.56 Å². The van der Waals surface area contributed by atoms with Crippen molar-refractivity contribution in [1.29, 1.82) is 0 Å². The van der Waals surface area contributed by atoms with Crippen LogP contribution in [0, 0.1) is 0 Å². The van der Waals surface area contributed by atoms with E-state index in [9.17, 15) is 9.59 Å². The summed E-state index contributed by atoms with van der Waals surface area (Å²) in [4.78, 5) is 23.3. The Kier molecular flexibility index (Phi) is 3.31. The van der Waals surface area contributed by atoms with E-state index in [1.54, 1.807) is 19.0 Å². The fourth-order valence-electron chi connectivity index (χ4n) is 1.12. The normalized spacial score (nSPS) is 9.80. The lowest BCUT2D eigenvalue weighted by atomic mass is 10.1. The number of ketones is 1. The van der Waals surface area contributed by atoms with Crippen LogP contribution in [-0.2, 0) is 4.79 Å². The Hall–Kier alpha value is -1.55. The molecule has 0 heterocycles. The first kappa shape index (κ1) is 11.5. The molecule has 0 aromatic heterocycles. The molecule has 0 aliphatic rings. The summed E-state index contributed by atoms with van der Waals surface area (Å²) in [6.07, 6.45) is 0. The van der Waals surface area contributed by atoms with Crippen molar-refractivity contribution < 1.29 is 14.7 Å². The molecule has 1 N–H and O–H groups in total. The summed E-state index contributed by atoms with van der Waals surface area (Å²) in [5.74, 6) is -2.41. The third kappa shape index (κ3) is 2.47. The molecule has 0 saturated carbocycles. The lowest BCUT2D eigenvalue weighted by Gasteiger charge is -2.14. The molecule has 0 bridgehead atoms.